The molecule has 1 aromatic heterocycles. The zero-order valence-electron chi connectivity index (χ0n) is 18.4. The minimum absolute atomic E-state index is 0.213. The second-order valence-corrected chi connectivity index (χ2v) is 10.2. The van der Waals surface area contributed by atoms with Gasteiger partial charge in [-0.15, -0.1) is 0 Å². The first kappa shape index (κ1) is 22.7. The highest BCUT2D eigenvalue weighted by atomic mass is 32.2. The molecule has 2 aromatic rings. The van der Waals surface area contributed by atoms with Crippen LogP contribution in [0.1, 0.15) is 40.7 Å². The van der Waals surface area contributed by atoms with Crippen molar-refractivity contribution in [3.63, 3.8) is 0 Å². The number of hydrogen-bond acceptors (Lipinski definition) is 6. The molecule has 0 atom stereocenters. The predicted octanol–water partition coefficient (Wildman–Crippen LogP) is 2.33. The number of morpholine rings is 1. The fourth-order valence-electron chi connectivity index (χ4n) is 4.08. The number of benzene rings is 1. The molecule has 2 aliphatic heterocycles. The van der Waals surface area contributed by atoms with Crippen molar-refractivity contribution in [2.45, 2.75) is 37.6 Å². The molecule has 9 heteroatoms. The Kier molecular flexibility index (Phi) is 7.07. The van der Waals surface area contributed by atoms with Crippen LogP contribution in [0.3, 0.4) is 0 Å². The number of ether oxygens (including phenoxy) is 1. The minimum atomic E-state index is -3.60. The molecule has 0 spiro atoms. The van der Waals surface area contributed by atoms with Gasteiger partial charge in [-0.3, -0.25) is 4.79 Å². The van der Waals surface area contributed by atoms with E-state index in [4.69, 9.17) is 4.74 Å². The first-order chi connectivity index (χ1) is 15.4. The lowest BCUT2D eigenvalue weighted by Gasteiger charge is -2.28. The molecule has 2 fully saturated rings. The van der Waals surface area contributed by atoms with Crippen molar-refractivity contribution in [3.8, 4) is 0 Å². The molecule has 1 aromatic carbocycles. The van der Waals surface area contributed by atoms with Gasteiger partial charge in [0.2, 0.25) is 10.0 Å². The summed E-state index contributed by atoms with van der Waals surface area (Å²) in [6, 6.07) is 8.71. The summed E-state index contributed by atoms with van der Waals surface area (Å²) in [5.41, 5.74) is 1.92. The zero-order chi connectivity index (χ0) is 22.6. The van der Waals surface area contributed by atoms with Gasteiger partial charge in [0.15, 0.2) is 0 Å². The van der Waals surface area contributed by atoms with Crippen molar-refractivity contribution in [2.75, 3.05) is 44.3 Å². The number of amides is 1. The Morgan fingerprint density at radius 1 is 1.06 bits per heavy atom. The van der Waals surface area contributed by atoms with Gasteiger partial charge in [0.05, 0.1) is 18.1 Å². The maximum atomic E-state index is 13.1. The van der Waals surface area contributed by atoms with Gasteiger partial charge >= 0.3 is 0 Å². The van der Waals surface area contributed by atoms with Gasteiger partial charge in [-0.2, -0.15) is 4.31 Å². The van der Waals surface area contributed by atoms with Crippen molar-refractivity contribution >= 4 is 21.7 Å². The van der Waals surface area contributed by atoms with Crippen molar-refractivity contribution in [1.29, 1.82) is 0 Å². The number of nitrogens with zero attached hydrogens (tertiary/aromatic N) is 3. The lowest BCUT2D eigenvalue weighted by Crippen LogP contribution is -2.36. The lowest BCUT2D eigenvalue weighted by atomic mass is 10.1. The molecule has 0 unspecified atom stereocenters. The van der Waals surface area contributed by atoms with E-state index in [2.05, 4.69) is 15.2 Å². The summed E-state index contributed by atoms with van der Waals surface area (Å²) in [5.74, 6) is 0.565. The van der Waals surface area contributed by atoms with Crippen LogP contribution in [-0.2, 0) is 21.3 Å². The normalized spacial score (nSPS) is 17.8. The summed E-state index contributed by atoms with van der Waals surface area (Å²) in [4.78, 5) is 19.6. The Balaban J connectivity index is 1.45. The first-order valence-electron chi connectivity index (χ1n) is 11.1. The number of aromatic nitrogens is 1. The predicted molar refractivity (Wildman–Crippen MR) is 122 cm³/mol. The fourth-order valence-corrected chi connectivity index (χ4v) is 5.85. The Bertz CT molecular complexity index is 1060. The Morgan fingerprint density at radius 2 is 1.81 bits per heavy atom. The van der Waals surface area contributed by atoms with E-state index in [9.17, 15) is 13.2 Å². The topological polar surface area (TPSA) is 91.8 Å². The van der Waals surface area contributed by atoms with Crippen LogP contribution in [0.4, 0.5) is 5.82 Å². The molecule has 0 aliphatic carbocycles. The van der Waals surface area contributed by atoms with Gasteiger partial charge in [-0.1, -0.05) is 12.5 Å². The van der Waals surface area contributed by atoms with Crippen LogP contribution in [0.15, 0.2) is 41.4 Å². The van der Waals surface area contributed by atoms with Gasteiger partial charge in [0.25, 0.3) is 5.91 Å². The number of rotatable bonds is 6. The molecule has 4 rings (SSSR count). The average molecular weight is 459 g/mol. The molecule has 1 amide bonds. The molecular formula is C23H30N4O4S. The second kappa shape index (κ2) is 9.97. The summed E-state index contributed by atoms with van der Waals surface area (Å²) in [6.45, 7) is 6.11. The van der Waals surface area contributed by atoms with Gasteiger partial charge in [-0.25, -0.2) is 13.4 Å². The summed E-state index contributed by atoms with van der Waals surface area (Å²) >= 11 is 0. The van der Waals surface area contributed by atoms with E-state index < -0.39 is 10.0 Å². The smallest absolute Gasteiger partial charge is 0.251 e. The third-order valence-corrected chi connectivity index (χ3v) is 8.02. The molecule has 0 saturated carbocycles. The largest absolute Gasteiger partial charge is 0.378 e. The highest BCUT2D eigenvalue weighted by Crippen LogP contribution is 2.24. The van der Waals surface area contributed by atoms with Gasteiger partial charge < -0.3 is 15.0 Å². The summed E-state index contributed by atoms with van der Waals surface area (Å²) in [7, 11) is -3.60. The molecule has 8 nitrogen and oxygen atoms in total. The second-order valence-electron chi connectivity index (χ2n) is 8.25. The molecule has 172 valence electrons. The Labute approximate surface area is 189 Å². The number of sulfonamides is 1. The average Bonchev–Trinajstić information content (AvgIpc) is 2.84. The number of piperidine rings is 1. The molecule has 1 N–H and O–H groups in total. The third-order valence-electron chi connectivity index (χ3n) is 5.98. The van der Waals surface area contributed by atoms with Gasteiger partial charge in [0.1, 0.15) is 5.82 Å². The van der Waals surface area contributed by atoms with Crippen molar-refractivity contribution in [1.82, 2.24) is 14.6 Å². The molecule has 0 bridgehead atoms. The van der Waals surface area contributed by atoms with Crippen LogP contribution in [0.25, 0.3) is 0 Å². The van der Waals surface area contributed by atoms with Crippen LogP contribution in [0.2, 0.25) is 0 Å². The highest BCUT2D eigenvalue weighted by molar-refractivity contribution is 7.89. The van der Waals surface area contributed by atoms with Crippen LogP contribution in [0, 0.1) is 6.92 Å². The SMILES string of the molecule is Cc1ccc(C(=O)NCc2ccnc(N3CCOCC3)c2)cc1S(=O)(=O)N1CCCCC1. The third kappa shape index (κ3) is 5.11. The van der Waals surface area contributed by atoms with Crippen molar-refractivity contribution in [3.05, 3.63) is 53.2 Å². The molecule has 2 aliphatic rings. The van der Waals surface area contributed by atoms with E-state index in [0.717, 1.165) is 43.7 Å². The van der Waals surface area contributed by atoms with Crippen LogP contribution in [-0.4, -0.2) is 63.0 Å². The number of carbonyl (C=O) groups excluding carboxylic acids is 1. The monoisotopic (exact) mass is 458 g/mol. The maximum Gasteiger partial charge on any atom is 0.251 e. The highest BCUT2D eigenvalue weighted by Gasteiger charge is 2.28. The number of hydrogen-bond donors (Lipinski definition) is 1. The lowest BCUT2D eigenvalue weighted by molar-refractivity contribution is 0.0950. The maximum absolute atomic E-state index is 13.1. The number of nitrogens with one attached hydrogen (secondary N) is 1. The fraction of sp³-hybridized carbons (Fsp3) is 0.478. The van der Waals surface area contributed by atoms with Crippen LogP contribution in [0.5, 0.6) is 0 Å². The van der Waals surface area contributed by atoms with E-state index in [0.29, 0.717) is 44.0 Å². The number of aryl methyl sites for hydroxylation is 1. The minimum Gasteiger partial charge on any atom is -0.378 e. The summed E-state index contributed by atoms with van der Waals surface area (Å²) in [5, 5.41) is 2.90. The Morgan fingerprint density at radius 3 is 2.56 bits per heavy atom. The van der Waals surface area contributed by atoms with Crippen LogP contribution < -0.4 is 10.2 Å². The number of pyridine rings is 1. The van der Waals surface area contributed by atoms with E-state index in [1.165, 1.54) is 10.4 Å². The molecule has 2 saturated heterocycles. The molecule has 3 heterocycles. The van der Waals surface area contributed by atoms with Crippen molar-refractivity contribution in [2.24, 2.45) is 0 Å². The van der Waals surface area contributed by atoms with E-state index in [1.54, 1.807) is 25.3 Å². The first-order valence-corrected chi connectivity index (χ1v) is 12.6. The zero-order valence-corrected chi connectivity index (χ0v) is 19.2. The van der Waals surface area contributed by atoms with E-state index in [-0.39, 0.29) is 10.8 Å². The summed E-state index contributed by atoms with van der Waals surface area (Å²) < 4.78 is 33.2. The number of carbonyl (C=O) groups is 1. The number of anilines is 1. The van der Waals surface area contributed by atoms with E-state index >= 15 is 0 Å². The van der Waals surface area contributed by atoms with Crippen LogP contribution >= 0.6 is 0 Å². The molecule has 0 radical (unpaired) electrons. The van der Waals surface area contributed by atoms with Crippen molar-refractivity contribution < 1.29 is 17.9 Å². The quantitative estimate of drug-likeness (QED) is 0.714. The standard InChI is InChI=1S/C23H30N4O4S/c1-18-5-6-20(16-21(18)32(29,30)27-9-3-2-4-10-27)23(28)25-17-19-7-8-24-22(15-19)26-11-13-31-14-12-26/h5-8,15-16H,2-4,9-14,17H2,1H3,(H,25,28). The van der Waals surface area contributed by atoms with Gasteiger partial charge in [-0.05, 0) is 55.2 Å². The molecule has 32 heavy (non-hydrogen) atoms. The summed E-state index contributed by atoms with van der Waals surface area (Å²) in [6.07, 6.45) is 4.53. The molecular weight excluding hydrogens is 428 g/mol. The van der Waals surface area contributed by atoms with E-state index in [1.807, 2.05) is 12.1 Å². The Hall–Kier alpha value is -2.49. The van der Waals surface area contributed by atoms with Gasteiger partial charge in [0, 0.05) is 44.5 Å².